The van der Waals surface area contributed by atoms with Gasteiger partial charge < -0.3 is 20.2 Å². The second-order valence-corrected chi connectivity index (χ2v) is 19.3. The largest absolute Gasteiger partial charge is 0.480 e. The Bertz CT molecular complexity index is 2920. The van der Waals surface area contributed by atoms with E-state index in [0.717, 1.165) is 41.4 Å². The van der Waals surface area contributed by atoms with E-state index < -0.39 is 70.4 Å². The Morgan fingerprint density at radius 2 is 1.50 bits per heavy atom. The summed E-state index contributed by atoms with van der Waals surface area (Å²) in [5.74, 6) is -5.66. The van der Waals surface area contributed by atoms with Gasteiger partial charge in [-0.3, -0.25) is 47.4 Å². The lowest BCUT2D eigenvalue weighted by Crippen LogP contribution is -2.35. The van der Waals surface area contributed by atoms with Gasteiger partial charge in [-0.15, -0.1) is 22.7 Å². The van der Waals surface area contributed by atoms with Crippen LogP contribution < -0.4 is 25.2 Å². The fraction of sp³-hybridized carbons (Fsp3) is 0.229. The minimum atomic E-state index is -4.30. The Hall–Kier alpha value is -4.55. The number of anilines is 1. The quantitative estimate of drug-likeness (QED) is 0.112. The number of benzene rings is 2. The van der Waals surface area contributed by atoms with Gasteiger partial charge in [0.05, 0.1) is 21.0 Å². The molecule has 304 valence electrons. The summed E-state index contributed by atoms with van der Waals surface area (Å²) in [5, 5.41) is 30.0. The molecule has 2 aliphatic rings. The lowest BCUT2D eigenvalue weighted by Gasteiger charge is -2.23. The van der Waals surface area contributed by atoms with Gasteiger partial charge in [0.15, 0.2) is 0 Å². The summed E-state index contributed by atoms with van der Waals surface area (Å²) in [5.41, 5.74) is 1.06. The van der Waals surface area contributed by atoms with Gasteiger partial charge in [0.25, 0.3) is 27.1 Å². The van der Waals surface area contributed by atoms with Crippen molar-refractivity contribution >= 4 is 125 Å². The average molecular weight is 925 g/mol. The summed E-state index contributed by atoms with van der Waals surface area (Å²) in [4.78, 5) is 80.3. The zero-order chi connectivity index (χ0) is 42.2. The molecule has 4 heterocycles. The number of amides is 1. The molecule has 6 rings (SSSR count). The van der Waals surface area contributed by atoms with Crippen LogP contribution in [0.4, 0.5) is 5.69 Å². The molecule has 0 aliphatic carbocycles. The van der Waals surface area contributed by atoms with Crippen molar-refractivity contribution in [2.75, 3.05) is 23.7 Å². The molecule has 0 atom stereocenters. The number of nitrogens with zero attached hydrogens (tertiary/aromatic N) is 4. The standard InChI is InChI=1S/C35H29ClN4O12S6/c1-17-10-22-21(13-20(17)36)37(8-5-9-58(50,51)52)32(54-22)19(11-18-6-3-2-4-7-18)12-23-29(47)38(14-24(41)42)33(55-23)27-30(48)39(15-25(43)44)34(56-27)28-31(49)40(16-26(45)46)35(53)57-28/h2-4,6-7,10,12-13H,5,8-9,11,14-16H2,1H3,(H,41,42)(H,43,44)(H,45,46)(H,50,51,52)/b23-12?,32-19+,33-27+,34-28+. The van der Waals surface area contributed by atoms with Crippen LogP contribution in [0.25, 0.3) is 11.0 Å². The molecule has 0 unspecified atom stereocenters. The highest BCUT2D eigenvalue weighted by Crippen LogP contribution is 2.49. The maximum absolute atomic E-state index is 14.2. The van der Waals surface area contributed by atoms with Crippen LogP contribution in [0.1, 0.15) is 17.5 Å². The molecule has 0 saturated carbocycles. The summed E-state index contributed by atoms with van der Waals surface area (Å²) < 4.78 is 33.8. The Labute approximate surface area is 354 Å². The molecule has 2 aliphatic heterocycles. The number of carboxylic acid groups (broad SMARTS) is 3. The first-order valence-electron chi connectivity index (χ1n) is 16.7. The van der Waals surface area contributed by atoms with E-state index in [9.17, 15) is 57.1 Å². The first-order valence-corrected chi connectivity index (χ1v) is 22.4. The molecule has 1 amide bonds. The third-order valence-electron chi connectivity index (χ3n) is 8.49. The van der Waals surface area contributed by atoms with Gasteiger partial charge in [-0.1, -0.05) is 77.7 Å². The summed E-state index contributed by atoms with van der Waals surface area (Å²) in [7, 11) is -4.30. The van der Waals surface area contributed by atoms with Gasteiger partial charge in [0, 0.05) is 22.9 Å². The van der Waals surface area contributed by atoms with Crippen LogP contribution in [0.2, 0.25) is 5.02 Å². The highest BCUT2D eigenvalue weighted by Gasteiger charge is 2.36. The number of aliphatic carboxylic acids is 3. The van der Waals surface area contributed by atoms with Crippen molar-refractivity contribution in [1.29, 1.82) is 0 Å². The summed E-state index contributed by atoms with van der Waals surface area (Å²) in [6.45, 7) is -0.669. The highest BCUT2D eigenvalue weighted by molar-refractivity contribution is 8.30. The van der Waals surface area contributed by atoms with Crippen molar-refractivity contribution in [2.45, 2.75) is 37.8 Å². The van der Waals surface area contributed by atoms with Crippen LogP contribution in [-0.2, 0) is 48.8 Å². The first-order chi connectivity index (χ1) is 27.3. The normalized spacial score (nSPS) is 17.0. The second kappa shape index (κ2) is 17.4. The van der Waals surface area contributed by atoms with E-state index >= 15 is 0 Å². The Balaban J connectivity index is 1.66. The van der Waals surface area contributed by atoms with Crippen molar-refractivity contribution in [3.8, 4) is 0 Å². The number of carbonyl (C=O) groups excluding carboxylic acids is 1. The molecular weight excluding hydrogens is 896 g/mol. The molecule has 23 heteroatoms. The molecule has 1 fully saturated rings. The van der Waals surface area contributed by atoms with E-state index in [4.69, 9.17) is 23.8 Å². The van der Waals surface area contributed by atoms with Crippen LogP contribution >= 0.6 is 70.0 Å². The topological polar surface area (TPSA) is 234 Å². The zero-order valence-electron chi connectivity index (χ0n) is 29.7. The van der Waals surface area contributed by atoms with Crippen molar-refractivity contribution in [3.05, 3.63) is 108 Å². The van der Waals surface area contributed by atoms with Crippen LogP contribution in [-0.4, -0.2) is 89.3 Å². The molecule has 2 aromatic heterocycles. The number of thioether (sulfide) groups is 2. The number of rotatable bonds is 13. The lowest BCUT2D eigenvalue weighted by atomic mass is 10.1. The number of thiazole rings is 2. The van der Waals surface area contributed by atoms with Gasteiger partial charge in [-0.2, -0.15) is 8.42 Å². The molecule has 1 saturated heterocycles. The molecule has 4 aromatic rings. The predicted octanol–water partition coefficient (Wildman–Crippen LogP) is 2.73. The third-order valence-corrected chi connectivity index (χ3v) is 14.9. The monoisotopic (exact) mass is 924 g/mol. The first kappa shape index (κ1) is 43.0. The van der Waals surface area contributed by atoms with Gasteiger partial charge in [0.2, 0.25) is 0 Å². The Kier molecular flexibility index (Phi) is 12.9. The average Bonchev–Trinajstić information content (AvgIpc) is 3.82. The number of fused-ring (bicyclic) bond motifs is 1. The van der Waals surface area contributed by atoms with Crippen molar-refractivity contribution in [2.24, 2.45) is 0 Å². The maximum atomic E-state index is 14.2. The van der Waals surface area contributed by atoms with E-state index in [1.807, 2.05) is 48.2 Å². The molecular formula is C35H29ClN4O12S6. The number of aromatic nitrogens is 2. The Morgan fingerprint density at radius 1 is 0.862 bits per heavy atom. The van der Waals surface area contributed by atoms with Crippen molar-refractivity contribution < 1.29 is 47.5 Å². The SMILES string of the molecule is Cc1cc2c(cc1Cl)N(CCCS(=O)(=O)O)/C(=C(\C=c1s/c(=c3/s/c(=C4/SC(=S)N(CC(=O)O)C4=O)n(CC(=O)O)c3=O)n(CC(=O)O)c1=O)Cc1ccccc1)S2. The minimum Gasteiger partial charge on any atom is -0.480 e. The van der Waals surface area contributed by atoms with Crippen molar-refractivity contribution in [1.82, 2.24) is 14.0 Å². The molecule has 4 N–H and O–H groups in total. The number of carbonyl (C=O) groups is 4. The van der Waals surface area contributed by atoms with Gasteiger partial charge in [-0.25, -0.2) is 0 Å². The lowest BCUT2D eigenvalue weighted by molar-refractivity contribution is -0.140. The second-order valence-electron chi connectivity index (χ2n) is 12.7. The summed E-state index contributed by atoms with van der Waals surface area (Å²) in [6, 6.07) is 12.8. The molecule has 0 spiro atoms. The molecule has 0 bridgehead atoms. The van der Waals surface area contributed by atoms with Gasteiger partial charge in [0.1, 0.15) is 42.7 Å². The molecule has 58 heavy (non-hydrogen) atoms. The number of thiocarbonyl (C=S) groups is 1. The number of hydrogen-bond donors (Lipinski definition) is 4. The van der Waals surface area contributed by atoms with Crippen LogP contribution in [0, 0.1) is 16.1 Å². The third kappa shape index (κ3) is 9.33. The van der Waals surface area contributed by atoms with Crippen molar-refractivity contribution in [3.63, 3.8) is 0 Å². The van der Waals surface area contributed by atoms with Crippen LogP contribution in [0.5, 0.6) is 0 Å². The van der Waals surface area contributed by atoms with Crippen LogP contribution in [0.3, 0.4) is 0 Å². The summed E-state index contributed by atoms with van der Waals surface area (Å²) in [6.07, 6.45) is 1.80. The van der Waals surface area contributed by atoms with E-state index in [0.29, 0.717) is 44.4 Å². The van der Waals surface area contributed by atoms with E-state index in [1.165, 1.54) is 11.8 Å². The molecule has 0 radical (unpaired) electrons. The number of halogens is 1. The van der Waals surface area contributed by atoms with E-state index in [2.05, 4.69) is 0 Å². The summed E-state index contributed by atoms with van der Waals surface area (Å²) >= 11 is 15.1. The van der Waals surface area contributed by atoms with E-state index in [-0.39, 0.29) is 47.0 Å². The van der Waals surface area contributed by atoms with Crippen LogP contribution in [0.15, 0.2) is 67.6 Å². The molecule has 2 aromatic carbocycles. The van der Waals surface area contributed by atoms with Gasteiger partial charge >= 0.3 is 17.9 Å². The Morgan fingerprint density at radius 3 is 2.12 bits per heavy atom. The number of hydrogen-bond acceptors (Lipinski definition) is 14. The smallest absolute Gasteiger partial charge is 0.323 e. The fourth-order valence-corrected chi connectivity index (χ4v) is 11.7. The minimum absolute atomic E-state index is 0.00903. The predicted molar refractivity (Wildman–Crippen MR) is 224 cm³/mol. The van der Waals surface area contributed by atoms with Gasteiger partial charge in [-0.05, 0) is 48.3 Å². The highest BCUT2D eigenvalue weighted by atomic mass is 35.5. The van der Waals surface area contributed by atoms with E-state index in [1.54, 1.807) is 12.1 Å². The number of allylic oxidation sites excluding steroid dienone is 1. The number of carboxylic acids is 3. The number of aryl methyl sites for hydroxylation is 1. The zero-order valence-corrected chi connectivity index (χ0v) is 35.4. The fourth-order valence-electron chi connectivity index (χ4n) is 5.99. The maximum Gasteiger partial charge on any atom is 0.323 e. The molecule has 16 nitrogen and oxygen atoms in total.